The lowest BCUT2D eigenvalue weighted by Crippen LogP contribution is -2.16. The molecular formula is C11H18N2O2. The lowest BCUT2D eigenvalue weighted by molar-refractivity contribution is 0.0363. The molecule has 0 aliphatic carbocycles. The van der Waals surface area contributed by atoms with Gasteiger partial charge < -0.3 is 15.0 Å². The molecule has 2 N–H and O–H groups in total. The van der Waals surface area contributed by atoms with Gasteiger partial charge in [-0.15, -0.1) is 0 Å². The maximum absolute atomic E-state index is 11.7. The lowest BCUT2D eigenvalue weighted by atomic mass is 10.3. The molecule has 0 aliphatic heterocycles. The number of hydrogen-bond donors (Lipinski definition) is 1. The zero-order chi connectivity index (χ0) is 11.6. The van der Waals surface area contributed by atoms with Gasteiger partial charge in [0, 0.05) is 12.2 Å². The van der Waals surface area contributed by atoms with Crippen molar-refractivity contribution in [2.24, 2.45) is 0 Å². The molecule has 0 saturated heterocycles. The summed E-state index contributed by atoms with van der Waals surface area (Å²) in [5, 5.41) is 0. The molecule has 1 rings (SSSR count). The van der Waals surface area contributed by atoms with Crippen LogP contribution in [0.2, 0.25) is 0 Å². The Morgan fingerprint density at radius 2 is 2.00 bits per heavy atom. The van der Waals surface area contributed by atoms with Gasteiger partial charge in [0.25, 0.3) is 0 Å². The Balaban J connectivity index is 2.97. The van der Waals surface area contributed by atoms with Crippen molar-refractivity contribution in [3.63, 3.8) is 0 Å². The zero-order valence-corrected chi connectivity index (χ0v) is 9.65. The van der Waals surface area contributed by atoms with Crippen LogP contribution >= 0.6 is 0 Å². The second-order valence-corrected chi connectivity index (χ2v) is 4.11. The van der Waals surface area contributed by atoms with Crippen molar-refractivity contribution in [1.29, 1.82) is 0 Å². The molecule has 4 nitrogen and oxygen atoms in total. The number of nitrogens with two attached hydrogens (primary N) is 1. The van der Waals surface area contributed by atoms with Gasteiger partial charge in [0.2, 0.25) is 0 Å². The van der Waals surface area contributed by atoms with E-state index in [1.807, 2.05) is 32.3 Å². The molecule has 0 aliphatic rings. The van der Waals surface area contributed by atoms with E-state index in [0.717, 1.165) is 0 Å². The zero-order valence-electron chi connectivity index (χ0n) is 9.65. The number of aromatic nitrogens is 1. The van der Waals surface area contributed by atoms with Gasteiger partial charge in [-0.05, 0) is 33.8 Å². The highest BCUT2D eigenvalue weighted by Crippen LogP contribution is 2.17. The SMILES string of the molecule is CC(C)OC(=O)c1cc(N)cn1C(C)C. The molecule has 1 heterocycles. The van der Waals surface area contributed by atoms with Crippen molar-refractivity contribution >= 4 is 11.7 Å². The number of anilines is 1. The fourth-order valence-electron chi connectivity index (χ4n) is 1.37. The van der Waals surface area contributed by atoms with Gasteiger partial charge in [-0.1, -0.05) is 0 Å². The third kappa shape index (κ3) is 2.75. The van der Waals surface area contributed by atoms with E-state index in [1.54, 1.807) is 12.3 Å². The minimum absolute atomic E-state index is 0.116. The number of esters is 1. The molecule has 4 heteroatoms. The van der Waals surface area contributed by atoms with Crippen molar-refractivity contribution in [3.8, 4) is 0 Å². The maximum atomic E-state index is 11.7. The molecule has 0 aromatic carbocycles. The van der Waals surface area contributed by atoms with Crippen molar-refractivity contribution in [2.45, 2.75) is 39.8 Å². The molecule has 0 radical (unpaired) electrons. The summed E-state index contributed by atoms with van der Waals surface area (Å²) in [6, 6.07) is 1.84. The summed E-state index contributed by atoms with van der Waals surface area (Å²) in [5.41, 5.74) is 6.75. The minimum atomic E-state index is -0.324. The Bertz CT molecular complexity index is 353. The molecule has 0 spiro atoms. The Hall–Kier alpha value is -1.45. The lowest BCUT2D eigenvalue weighted by Gasteiger charge is -2.13. The second kappa shape index (κ2) is 4.38. The van der Waals surface area contributed by atoms with Crippen molar-refractivity contribution in [2.75, 3.05) is 5.73 Å². The number of nitrogen functional groups attached to an aromatic ring is 1. The molecule has 0 fully saturated rings. The monoisotopic (exact) mass is 210 g/mol. The summed E-state index contributed by atoms with van der Waals surface area (Å²) in [5.74, 6) is -0.324. The number of ether oxygens (including phenoxy) is 1. The highest BCUT2D eigenvalue weighted by Gasteiger charge is 2.16. The molecule has 0 amide bonds. The summed E-state index contributed by atoms with van der Waals surface area (Å²) in [6.45, 7) is 7.63. The molecule has 0 atom stereocenters. The fraction of sp³-hybridized carbons (Fsp3) is 0.545. The molecular weight excluding hydrogens is 192 g/mol. The molecule has 1 aromatic heterocycles. The smallest absolute Gasteiger partial charge is 0.355 e. The van der Waals surface area contributed by atoms with E-state index in [4.69, 9.17) is 10.5 Å². The van der Waals surface area contributed by atoms with Crippen LogP contribution in [-0.2, 0) is 4.74 Å². The molecule has 1 aromatic rings. The predicted molar refractivity (Wildman–Crippen MR) is 59.8 cm³/mol. The van der Waals surface area contributed by atoms with Crippen LogP contribution in [0.4, 0.5) is 5.69 Å². The third-order valence-electron chi connectivity index (χ3n) is 1.98. The molecule has 0 unspecified atom stereocenters. The number of carbonyl (C=O) groups excluding carboxylic acids is 1. The number of rotatable bonds is 3. The molecule has 84 valence electrons. The van der Waals surface area contributed by atoms with Gasteiger partial charge >= 0.3 is 5.97 Å². The normalized spacial score (nSPS) is 11.1. The Labute approximate surface area is 90.0 Å². The maximum Gasteiger partial charge on any atom is 0.355 e. The van der Waals surface area contributed by atoms with Crippen LogP contribution in [0.15, 0.2) is 12.3 Å². The van der Waals surface area contributed by atoms with Crippen LogP contribution in [0.3, 0.4) is 0 Å². The van der Waals surface area contributed by atoms with E-state index < -0.39 is 0 Å². The Morgan fingerprint density at radius 1 is 1.40 bits per heavy atom. The highest BCUT2D eigenvalue weighted by molar-refractivity contribution is 5.89. The van der Waals surface area contributed by atoms with Crippen LogP contribution in [0.1, 0.15) is 44.2 Å². The first-order valence-corrected chi connectivity index (χ1v) is 5.10. The number of hydrogen-bond acceptors (Lipinski definition) is 3. The van der Waals surface area contributed by atoms with E-state index in [2.05, 4.69) is 0 Å². The molecule has 0 saturated carbocycles. The van der Waals surface area contributed by atoms with Crippen LogP contribution in [0.5, 0.6) is 0 Å². The Kier molecular flexibility index (Phi) is 3.39. The predicted octanol–water partition coefficient (Wildman–Crippen LogP) is 2.22. The molecule has 0 bridgehead atoms. The third-order valence-corrected chi connectivity index (χ3v) is 1.98. The van der Waals surface area contributed by atoms with Gasteiger partial charge in [0.1, 0.15) is 5.69 Å². The summed E-state index contributed by atoms with van der Waals surface area (Å²) in [6.07, 6.45) is 1.64. The van der Waals surface area contributed by atoms with Crippen molar-refractivity contribution < 1.29 is 9.53 Å². The number of carbonyl (C=O) groups is 1. The summed E-state index contributed by atoms with van der Waals surface area (Å²) in [7, 11) is 0. The van der Waals surface area contributed by atoms with Gasteiger partial charge in [-0.2, -0.15) is 0 Å². The first kappa shape index (κ1) is 11.6. The fourth-order valence-corrected chi connectivity index (χ4v) is 1.37. The van der Waals surface area contributed by atoms with Gasteiger partial charge in [0.05, 0.1) is 11.8 Å². The van der Waals surface area contributed by atoms with E-state index >= 15 is 0 Å². The molecule has 15 heavy (non-hydrogen) atoms. The average molecular weight is 210 g/mol. The summed E-state index contributed by atoms with van der Waals surface area (Å²) < 4.78 is 6.94. The number of nitrogens with zero attached hydrogens (tertiary/aromatic N) is 1. The van der Waals surface area contributed by atoms with E-state index in [-0.39, 0.29) is 18.1 Å². The van der Waals surface area contributed by atoms with E-state index in [9.17, 15) is 4.79 Å². The standard InChI is InChI=1S/C11H18N2O2/c1-7(2)13-6-9(12)5-10(13)11(14)15-8(3)4/h5-8H,12H2,1-4H3. The van der Waals surface area contributed by atoms with Crippen molar-refractivity contribution in [3.05, 3.63) is 18.0 Å². The first-order valence-electron chi connectivity index (χ1n) is 5.10. The van der Waals surface area contributed by atoms with Gasteiger partial charge in [-0.3, -0.25) is 0 Å². The van der Waals surface area contributed by atoms with E-state index in [1.165, 1.54) is 0 Å². The Morgan fingerprint density at radius 3 is 2.47 bits per heavy atom. The van der Waals surface area contributed by atoms with Crippen LogP contribution < -0.4 is 5.73 Å². The minimum Gasteiger partial charge on any atom is -0.458 e. The quantitative estimate of drug-likeness (QED) is 0.778. The van der Waals surface area contributed by atoms with Gasteiger partial charge in [-0.25, -0.2) is 4.79 Å². The van der Waals surface area contributed by atoms with E-state index in [0.29, 0.717) is 11.4 Å². The highest BCUT2D eigenvalue weighted by atomic mass is 16.5. The van der Waals surface area contributed by atoms with Crippen molar-refractivity contribution in [1.82, 2.24) is 4.57 Å². The topological polar surface area (TPSA) is 57.2 Å². The first-order chi connectivity index (χ1) is 6.91. The van der Waals surface area contributed by atoms with Crippen LogP contribution in [0.25, 0.3) is 0 Å². The summed E-state index contributed by atoms with van der Waals surface area (Å²) in [4.78, 5) is 11.7. The van der Waals surface area contributed by atoms with Crippen LogP contribution in [0, 0.1) is 0 Å². The second-order valence-electron chi connectivity index (χ2n) is 4.11. The van der Waals surface area contributed by atoms with Crippen LogP contribution in [-0.4, -0.2) is 16.6 Å². The summed E-state index contributed by atoms with van der Waals surface area (Å²) >= 11 is 0. The largest absolute Gasteiger partial charge is 0.458 e. The van der Waals surface area contributed by atoms with Gasteiger partial charge in [0.15, 0.2) is 0 Å². The average Bonchev–Trinajstić information content (AvgIpc) is 2.46.